The molecule has 22 heavy (non-hydrogen) atoms. The Balaban J connectivity index is 1.68. The van der Waals surface area contributed by atoms with Crippen molar-refractivity contribution in [3.63, 3.8) is 0 Å². The molecule has 6 heteroatoms. The zero-order valence-electron chi connectivity index (χ0n) is 13.0. The topological polar surface area (TPSA) is 91.3 Å². The second-order valence-electron chi connectivity index (χ2n) is 6.00. The molecule has 120 valence electrons. The van der Waals surface area contributed by atoms with Gasteiger partial charge in [0.15, 0.2) is 0 Å². The van der Waals surface area contributed by atoms with E-state index in [-0.39, 0.29) is 29.7 Å². The van der Waals surface area contributed by atoms with Crippen LogP contribution in [0.15, 0.2) is 24.4 Å². The molecule has 1 aliphatic carbocycles. The van der Waals surface area contributed by atoms with Crippen LogP contribution in [0.4, 0.5) is 4.79 Å². The number of amides is 2. The first-order valence-electron chi connectivity index (χ1n) is 7.67. The Morgan fingerprint density at radius 2 is 2.18 bits per heavy atom. The molecule has 1 saturated carbocycles. The smallest absolute Gasteiger partial charge is 0.404 e. The van der Waals surface area contributed by atoms with Crippen LogP contribution in [-0.2, 0) is 4.79 Å². The SMILES string of the molecule is CC(CCNC(=O)C1CC1c1ccccn1)C(C)NC(=O)O. The number of carbonyl (C=O) groups excluding carboxylic acids is 1. The number of hydrogen-bond acceptors (Lipinski definition) is 3. The highest BCUT2D eigenvalue weighted by Crippen LogP contribution is 2.46. The number of rotatable bonds is 7. The van der Waals surface area contributed by atoms with Crippen LogP contribution in [0.25, 0.3) is 0 Å². The van der Waals surface area contributed by atoms with Gasteiger partial charge in [0.2, 0.25) is 5.91 Å². The summed E-state index contributed by atoms with van der Waals surface area (Å²) in [4.78, 5) is 26.9. The molecule has 0 radical (unpaired) electrons. The van der Waals surface area contributed by atoms with E-state index < -0.39 is 6.09 Å². The molecule has 2 rings (SSSR count). The zero-order valence-corrected chi connectivity index (χ0v) is 13.0. The minimum atomic E-state index is -1.01. The fourth-order valence-corrected chi connectivity index (χ4v) is 2.55. The molecule has 1 fully saturated rings. The summed E-state index contributed by atoms with van der Waals surface area (Å²) in [6, 6.07) is 5.64. The van der Waals surface area contributed by atoms with Crippen LogP contribution >= 0.6 is 0 Å². The predicted octanol–water partition coefficient (Wildman–Crippen LogP) is 1.98. The molecular weight excluding hydrogens is 282 g/mol. The van der Waals surface area contributed by atoms with Crippen LogP contribution in [0.2, 0.25) is 0 Å². The normalized spacial score (nSPS) is 22.5. The van der Waals surface area contributed by atoms with Gasteiger partial charge in [-0.05, 0) is 37.8 Å². The number of nitrogens with one attached hydrogen (secondary N) is 2. The van der Waals surface area contributed by atoms with E-state index >= 15 is 0 Å². The molecule has 1 aromatic heterocycles. The number of aromatic nitrogens is 1. The Kier molecular flexibility index (Phi) is 5.35. The quantitative estimate of drug-likeness (QED) is 0.718. The van der Waals surface area contributed by atoms with Gasteiger partial charge < -0.3 is 15.7 Å². The Morgan fingerprint density at radius 3 is 2.82 bits per heavy atom. The highest BCUT2D eigenvalue weighted by Gasteiger charge is 2.44. The van der Waals surface area contributed by atoms with Crippen molar-refractivity contribution < 1.29 is 14.7 Å². The van der Waals surface area contributed by atoms with Gasteiger partial charge in [0.1, 0.15) is 0 Å². The summed E-state index contributed by atoms with van der Waals surface area (Å²) < 4.78 is 0. The molecule has 0 aromatic carbocycles. The molecule has 4 atom stereocenters. The summed E-state index contributed by atoms with van der Waals surface area (Å²) in [5.74, 6) is 0.509. The molecule has 0 saturated heterocycles. The Hall–Kier alpha value is -2.11. The summed E-state index contributed by atoms with van der Waals surface area (Å²) >= 11 is 0. The van der Waals surface area contributed by atoms with Gasteiger partial charge in [0.05, 0.1) is 0 Å². The first-order chi connectivity index (χ1) is 10.5. The van der Waals surface area contributed by atoms with Gasteiger partial charge in [-0.3, -0.25) is 9.78 Å². The third-order valence-electron chi connectivity index (χ3n) is 4.30. The van der Waals surface area contributed by atoms with E-state index in [1.54, 1.807) is 6.20 Å². The molecule has 1 aromatic rings. The van der Waals surface area contributed by atoms with Crippen molar-refractivity contribution in [2.75, 3.05) is 6.54 Å². The number of pyridine rings is 1. The van der Waals surface area contributed by atoms with E-state index in [1.807, 2.05) is 32.0 Å². The van der Waals surface area contributed by atoms with Crippen molar-refractivity contribution in [1.29, 1.82) is 0 Å². The van der Waals surface area contributed by atoms with Crippen LogP contribution in [0.5, 0.6) is 0 Å². The van der Waals surface area contributed by atoms with Crippen molar-refractivity contribution in [2.24, 2.45) is 11.8 Å². The third-order valence-corrected chi connectivity index (χ3v) is 4.30. The highest BCUT2D eigenvalue weighted by molar-refractivity contribution is 5.82. The van der Waals surface area contributed by atoms with E-state index in [4.69, 9.17) is 5.11 Å². The average Bonchev–Trinajstić information content (AvgIpc) is 3.27. The van der Waals surface area contributed by atoms with Crippen molar-refractivity contribution in [2.45, 2.75) is 38.6 Å². The van der Waals surface area contributed by atoms with Crippen LogP contribution in [-0.4, -0.2) is 34.7 Å². The van der Waals surface area contributed by atoms with E-state index in [0.717, 1.165) is 18.5 Å². The van der Waals surface area contributed by atoms with Crippen molar-refractivity contribution in [3.8, 4) is 0 Å². The zero-order chi connectivity index (χ0) is 16.1. The van der Waals surface area contributed by atoms with E-state index in [0.29, 0.717) is 6.54 Å². The number of nitrogens with zero attached hydrogens (tertiary/aromatic N) is 1. The first kappa shape index (κ1) is 16.3. The first-order valence-corrected chi connectivity index (χ1v) is 7.67. The minimum Gasteiger partial charge on any atom is -0.465 e. The lowest BCUT2D eigenvalue weighted by atomic mass is 10.00. The maximum absolute atomic E-state index is 12.1. The third kappa shape index (κ3) is 4.44. The molecule has 2 amide bonds. The lowest BCUT2D eigenvalue weighted by molar-refractivity contribution is -0.122. The number of carbonyl (C=O) groups is 2. The molecule has 3 N–H and O–H groups in total. The Bertz CT molecular complexity index is 521. The van der Waals surface area contributed by atoms with Gasteiger partial charge in [-0.25, -0.2) is 4.79 Å². The maximum Gasteiger partial charge on any atom is 0.404 e. The summed E-state index contributed by atoms with van der Waals surface area (Å²) in [6.07, 6.45) is 2.34. The van der Waals surface area contributed by atoms with E-state index in [2.05, 4.69) is 15.6 Å². The largest absolute Gasteiger partial charge is 0.465 e. The highest BCUT2D eigenvalue weighted by atomic mass is 16.4. The van der Waals surface area contributed by atoms with E-state index in [1.165, 1.54) is 0 Å². The van der Waals surface area contributed by atoms with Crippen LogP contribution in [0, 0.1) is 11.8 Å². The van der Waals surface area contributed by atoms with Crippen LogP contribution in [0.1, 0.15) is 38.3 Å². The van der Waals surface area contributed by atoms with Crippen LogP contribution in [0.3, 0.4) is 0 Å². The van der Waals surface area contributed by atoms with Crippen molar-refractivity contribution in [3.05, 3.63) is 30.1 Å². The molecular formula is C16H23N3O3. The predicted molar refractivity (Wildman–Crippen MR) is 82.5 cm³/mol. The van der Waals surface area contributed by atoms with Gasteiger partial charge in [0.25, 0.3) is 0 Å². The summed E-state index contributed by atoms with van der Waals surface area (Å²) in [5.41, 5.74) is 0.982. The fourth-order valence-electron chi connectivity index (χ4n) is 2.55. The molecule has 0 bridgehead atoms. The van der Waals surface area contributed by atoms with Gasteiger partial charge in [-0.1, -0.05) is 13.0 Å². The Labute approximate surface area is 130 Å². The van der Waals surface area contributed by atoms with Gasteiger partial charge in [0, 0.05) is 36.3 Å². The van der Waals surface area contributed by atoms with Gasteiger partial charge >= 0.3 is 6.09 Å². The second-order valence-corrected chi connectivity index (χ2v) is 6.00. The lowest BCUT2D eigenvalue weighted by Gasteiger charge is -2.19. The molecule has 1 heterocycles. The Morgan fingerprint density at radius 1 is 1.41 bits per heavy atom. The van der Waals surface area contributed by atoms with Gasteiger partial charge in [-0.15, -0.1) is 0 Å². The van der Waals surface area contributed by atoms with E-state index in [9.17, 15) is 9.59 Å². The van der Waals surface area contributed by atoms with Crippen molar-refractivity contribution >= 4 is 12.0 Å². The minimum absolute atomic E-state index is 0.0276. The second kappa shape index (κ2) is 7.24. The average molecular weight is 305 g/mol. The molecule has 6 nitrogen and oxygen atoms in total. The van der Waals surface area contributed by atoms with Gasteiger partial charge in [-0.2, -0.15) is 0 Å². The van der Waals surface area contributed by atoms with Crippen molar-refractivity contribution in [1.82, 2.24) is 15.6 Å². The standard InChI is InChI=1S/C16H23N3O3/c1-10(11(2)19-16(21)22)6-8-18-15(20)13-9-12(13)14-5-3-4-7-17-14/h3-5,7,10-13,19H,6,8-9H2,1-2H3,(H,18,20)(H,21,22). The molecule has 0 aliphatic heterocycles. The maximum atomic E-state index is 12.1. The molecule has 0 spiro atoms. The monoisotopic (exact) mass is 305 g/mol. The van der Waals surface area contributed by atoms with Crippen LogP contribution < -0.4 is 10.6 Å². The summed E-state index contributed by atoms with van der Waals surface area (Å²) in [7, 11) is 0. The number of carboxylic acid groups (broad SMARTS) is 1. The molecule has 4 unspecified atom stereocenters. The fraction of sp³-hybridized carbons (Fsp3) is 0.562. The lowest BCUT2D eigenvalue weighted by Crippen LogP contribution is -2.37. The number of hydrogen-bond donors (Lipinski definition) is 3. The molecule has 1 aliphatic rings. The summed E-state index contributed by atoms with van der Waals surface area (Å²) in [6.45, 7) is 4.37. The summed E-state index contributed by atoms with van der Waals surface area (Å²) in [5, 5.41) is 14.1.